The van der Waals surface area contributed by atoms with E-state index in [1.54, 1.807) is 12.1 Å². The van der Waals surface area contributed by atoms with Crippen molar-refractivity contribution in [3.05, 3.63) is 71.2 Å². The zero-order chi connectivity index (χ0) is 14.1. The van der Waals surface area contributed by atoms with E-state index in [1.165, 1.54) is 6.07 Å². The zero-order valence-corrected chi connectivity index (χ0v) is 11.3. The maximum absolute atomic E-state index is 11.1. The highest BCUT2D eigenvalue weighted by Crippen LogP contribution is 2.31. The Hall–Kier alpha value is -2.32. The van der Waals surface area contributed by atoms with Gasteiger partial charge in [0.15, 0.2) is 0 Å². The molecule has 0 aromatic heterocycles. The maximum Gasteiger partial charge on any atom is 0.335 e. The van der Waals surface area contributed by atoms with Crippen molar-refractivity contribution in [3.8, 4) is 11.1 Å². The lowest BCUT2D eigenvalue weighted by Gasteiger charge is -2.08. The third-order valence-corrected chi connectivity index (χ3v) is 3.46. The van der Waals surface area contributed by atoms with E-state index in [1.807, 2.05) is 42.5 Å². The SMILES string of the molecule is O=C(O)c1cc(Cl)cc(-c2cccc3ccccc23)c1. The lowest BCUT2D eigenvalue weighted by Crippen LogP contribution is -1.96. The van der Waals surface area contributed by atoms with Crippen LogP contribution in [-0.4, -0.2) is 11.1 Å². The summed E-state index contributed by atoms with van der Waals surface area (Å²) in [5.74, 6) is -0.978. The molecule has 0 saturated heterocycles. The van der Waals surface area contributed by atoms with Gasteiger partial charge in [-0.15, -0.1) is 0 Å². The summed E-state index contributed by atoms with van der Waals surface area (Å²) in [6.45, 7) is 0. The first kappa shape index (κ1) is 12.7. The number of carboxylic acids is 1. The molecule has 0 aliphatic rings. The van der Waals surface area contributed by atoms with Crippen LogP contribution in [-0.2, 0) is 0 Å². The van der Waals surface area contributed by atoms with Gasteiger partial charge < -0.3 is 5.11 Å². The van der Waals surface area contributed by atoms with Crippen LogP contribution in [0.5, 0.6) is 0 Å². The van der Waals surface area contributed by atoms with Crippen molar-refractivity contribution in [3.63, 3.8) is 0 Å². The molecule has 1 N–H and O–H groups in total. The summed E-state index contributed by atoms with van der Waals surface area (Å²) in [7, 11) is 0. The summed E-state index contributed by atoms with van der Waals surface area (Å²) in [6.07, 6.45) is 0. The topological polar surface area (TPSA) is 37.3 Å². The monoisotopic (exact) mass is 282 g/mol. The quantitative estimate of drug-likeness (QED) is 0.729. The molecule has 0 amide bonds. The third kappa shape index (κ3) is 2.26. The summed E-state index contributed by atoms with van der Waals surface area (Å²) in [5.41, 5.74) is 1.99. The zero-order valence-electron chi connectivity index (χ0n) is 10.5. The van der Waals surface area contributed by atoms with Crippen molar-refractivity contribution in [2.75, 3.05) is 0 Å². The fraction of sp³-hybridized carbons (Fsp3) is 0. The van der Waals surface area contributed by atoms with E-state index >= 15 is 0 Å². The number of halogens is 1. The normalized spacial score (nSPS) is 10.7. The second-order valence-corrected chi connectivity index (χ2v) is 5.00. The van der Waals surface area contributed by atoms with Crippen molar-refractivity contribution in [2.24, 2.45) is 0 Å². The number of fused-ring (bicyclic) bond motifs is 1. The molecule has 0 aliphatic heterocycles. The van der Waals surface area contributed by atoms with Crippen molar-refractivity contribution in [2.45, 2.75) is 0 Å². The maximum atomic E-state index is 11.1. The summed E-state index contributed by atoms with van der Waals surface area (Å²) in [6, 6.07) is 18.8. The minimum Gasteiger partial charge on any atom is -0.478 e. The van der Waals surface area contributed by atoms with Crippen molar-refractivity contribution in [1.82, 2.24) is 0 Å². The molecule has 0 heterocycles. The van der Waals surface area contributed by atoms with Crippen LogP contribution in [0.15, 0.2) is 60.7 Å². The molecule has 3 rings (SSSR count). The molecule has 0 aliphatic carbocycles. The standard InChI is InChI=1S/C17H11ClO2/c18-14-9-12(8-13(10-14)17(19)20)16-7-3-5-11-4-1-2-6-15(11)16/h1-10H,(H,19,20). The van der Waals surface area contributed by atoms with Crippen LogP contribution in [0.25, 0.3) is 21.9 Å². The van der Waals surface area contributed by atoms with Gasteiger partial charge in [0.05, 0.1) is 5.56 Å². The van der Waals surface area contributed by atoms with Gasteiger partial charge in [0.1, 0.15) is 0 Å². The lowest BCUT2D eigenvalue weighted by atomic mass is 9.97. The van der Waals surface area contributed by atoms with Gasteiger partial charge in [-0.3, -0.25) is 0 Å². The van der Waals surface area contributed by atoms with E-state index in [-0.39, 0.29) is 5.56 Å². The lowest BCUT2D eigenvalue weighted by molar-refractivity contribution is 0.0697. The first-order valence-corrected chi connectivity index (χ1v) is 6.55. The van der Waals surface area contributed by atoms with Crippen LogP contribution in [0, 0.1) is 0 Å². The Kier molecular flexibility index (Phi) is 3.17. The predicted molar refractivity (Wildman–Crippen MR) is 81.4 cm³/mol. The van der Waals surface area contributed by atoms with Gasteiger partial charge in [0.25, 0.3) is 0 Å². The van der Waals surface area contributed by atoms with Gasteiger partial charge in [-0.05, 0) is 40.1 Å². The molecule has 20 heavy (non-hydrogen) atoms. The molecule has 0 unspecified atom stereocenters. The molecule has 0 saturated carbocycles. The van der Waals surface area contributed by atoms with Crippen LogP contribution in [0.2, 0.25) is 5.02 Å². The van der Waals surface area contributed by atoms with Crippen LogP contribution in [0.4, 0.5) is 0 Å². The number of carbonyl (C=O) groups is 1. The highest BCUT2D eigenvalue weighted by Gasteiger charge is 2.09. The number of hydrogen-bond donors (Lipinski definition) is 1. The van der Waals surface area contributed by atoms with E-state index in [0.29, 0.717) is 5.02 Å². The second kappa shape index (κ2) is 4.99. The van der Waals surface area contributed by atoms with Gasteiger partial charge in [-0.25, -0.2) is 4.79 Å². The third-order valence-electron chi connectivity index (χ3n) is 3.25. The van der Waals surface area contributed by atoms with Gasteiger partial charge in [0.2, 0.25) is 0 Å². The molecular weight excluding hydrogens is 272 g/mol. The fourth-order valence-electron chi connectivity index (χ4n) is 2.35. The Balaban J connectivity index is 2.28. The Morgan fingerprint density at radius 2 is 1.70 bits per heavy atom. The Labute approximate surface area is 121 Å². The first-order chi connectivity index (χ1) is 9.65. The minimum atomic E-state index is -0.978. The average Bonchev–Trinajstić information content (AvgIpc) is 2.46. The first-order valence-electron chi connectivity index (χ1n) is 6.17. The minimum absolute atomic E-state index is 0.195. The molecule has 3 heteroatoms. The average molecular weight is 283 g/mol. The molecule has 3 aromatic carbocycles. The van der Waals surface area contributed by atoms with Crippen LogP contribution in [0.1, 0.15) is 10.4 Å². The number of hydrogen-bond acceptors (Lipinski definition) is 1. The summed E-state index contributed by atoms with van der Waals surface area (Å²) >= 11 is 6.03. The molecule has 3 aromatic rings. The highest BCUT2D eigenvalue weighted by molar-refractivity contribution is 6.31. The molecule has 0 radical (unpaired) electrons. The largest absolute Gasteiger partial charge is 0.478 e. The molecule has 0 atom stereocenters. The molecule has 98 valence electrons. The van der Waals surface area contributed by atoms with E-state index in [4.69, 9.17) is 16.7 Å². The van der Waals surface area contributed by atoms with Gasteiger partial charge in [-0.2, -0.15) is 0 Å². The molecule has 0 fully saturated rings. The molecule has 0 spiro atoms. The Morgan fingerprint density at radius 1 is 0.950 bits per heavy atom. The van der Waals surface area contributed by atoms with Crippen LogP contribution < -0.4 is 0 Å². The van der Waals surface area contributed by atoms with Gasteiger partial charge in [-0.1, -0.05) is 54.1 Å². The molecule has 2 nitrogen and oxygen atoms in total. The summed E-state index contributed by atoms with van der Waals surface area (Å²) in [4.78, 5) is 11.1. The van der Waals surface area contributed by atoms with Crippen LogP contribution in [0.3, 0.4) is 0 Å². The summed E-state index contributed by atoms with van der Waals surface area (Å²) in [5, 5.41) is 11.7. The number of benzene rings is 3. The van der Waals surface area contributed by atoms with Crippen molar-refractivity contribution in [1.29, 1.82) is 0 Å². The van der Waals surface area contributed by atoms with Crippen molar-refractivity contribution >= 4 is 28.3 Å². The fourth-order valence-corrected chi connectivity index (χ4v) is 2.58. The van der Waals surface area contributed by atoms with E-state index in [0.717, 1.165) is 21.9 Å². The van der Waals surface area contributed by atoms with E-state index in [9.17, 15) is 4.79 Å². The predicted octanol–water partition coefficient (Wildman–Crippen LogP) is 4.86. The molecule has 0 bridgehead atoms. The highest BCUT2D eigenvalue weighted by atomic mass is 35.5. The van der Waals surface area contributed by atoms with Gasteiger partial charge in [0, 0.05) is 5.02 Å². The summed E-state index contributed by atoms with van der Waals surface area (Å²) < 4.78 is 0. The van der Waals surface area contributed by atoms with Crippen LogP contribution >= 0.6 is 11.6 Å². The van der Waals surface area contributed by atoms with Gasteiger partial charge >= 0.3 is 5.97 Å². The number of carboxylic acid groups (broad SMARTS) is 1. The Bertz CT molecular complexity index is 804. The van der Waals surface area contributed by atoms with Crippen molar-refractivity contribution < 1.29 is 9.90 Å². The van der Waals surface area contributed by atoms with E-state index in [2.05, 4.69) is 0 Å². The smallest absolute Gasteiger partial charge is 0.335 e. The number of rotatable bonds is 2. The van der Waals surface area contributed by atoms with E-state index < -0.39 is 5.97 Å². The Morgan fingerprint density at radius 3 is 2.50 bits per heavy atom. The number of aromatic carboxylic acids is 1. The molecular formula is C17H11ClO2. The second-order valence-electron chi connectivity index (χ2n) is 4.56.